The highest BCUT2D eigenvalue weighted by Crippen LogP contribution is 2.42. The van der Waals surface area contributed by atoms with E-state index in [4.69, 9.17) is 5.73 Å². The molecule has 0 amide bonds. The summed E-state index contributed by atoms with van der Waals surface area (Å²) >= 11 is 0. The van der Waals surface area contributed by atoms with Crippen LogP contribution in [0.3, 0.4) is 0 Å². The minimum absolute atomic E-state index is 0.188. The van der Waals surface area contributed by atoms with Crippen molar-refractivity contribution < 1.29 is 9.90 Å². The Morgan fingerprint density at radius 2 is 2.06 bits per heavy atom. The molecule has 4 nitrogen and oxygen atoms in total. The first-order valence-electron chi connectivity index (χ1n) is 7.20. The van der Waals surface area contributed by atoms with Crippen molar-refractivity contribution in [2.75, 3.05) is 19.6 Å². The zero-order valence-corrected chi connectivity index (χ0v) is 11.6. The number of carboxylic acid groups (broad SMARTS) is 1. The summed E-state index contributed by atoms with van der Waals surface area (Å²) in [5.41, 5.74) is 5.53. The molecule has 104 valence electrons. The Hall–Kier alpha value is -0.610. The van der Waals surface area contributed by atoms with Gasteiger partial charge in [0.1, 0.15) is 5.54 Å². The van der Waals surface area contributed by atoms with Crippen LogP contribution in [0, 0.1) is 11.3 Å². The molecule has 0 aromatic heterocycles. The Bertz CT molecular complexity index is 324. The Kier molecular flexibility index (Phi) is 3.70. The van der Waals surface area contributed by atoms with Gasteiger partial charge in [-0.2, -0.15) is 0 Å². The normalized spacial score (nSPS) is 27.1. The predicted octanol–water partition coefficient (Wildman–Crippen LogP) is 1.69. The number of rotatable bonds is 6. The van der Waals surface area contributed by atoms with E-state index in [2.05, 4.69) is 18.7 Å². The molecular formula is C14H26N2O2. The van der Waals surface area contributed by atoms with Crippen LogP contribution < -0.4 is 5.73 Å². The lowest BCUT2D eigenvalue weighted by molar-refractivity contribution is -0.145. The van der Waals surface area contributed by atoms with E-state index in [-0.39, 0.29) is 5.92 Å². The molecule has 1 heterocycles. The van der Waals surface area contributed by atoms with Gasteiger partial charge in [0.15, 0.2) is 0 Å². The highest BCUT2D eigenvalue weighted by atomic mass is 16.4. The molecule has 1 saturated carbocycles. The lowest BCUT2D eigenvalue weighted by atomic mass is 9.82. The van der Waals surface area contributed by atoms with Crippen LogP contribution in [-0.2, 0) is 4.79 Å². The van der Waals surface area contributed by atoms with Crippen LogP contribution in [0.1, 0.15) is 46.0 Å². The standard InChI is InChI=1S/C14H26N2O2/c1-3-13(4-2)7-8-16(9-13)10-14(15,12(17)18)11-5-6-11/h11H,3-10,15H2,1-2H3,(H,17,18). The quantitative estimate of drug-likeness (QED) is 0.757. The molecule has 0 aromatic rings. The van der Waals surface area contributed by atoms with Crippen molar-refractivity contribution in [2.45, 2.75) is 51.5 Å². The van der Waals surface area contributed by atoms with E-state index >= 15 is 0 Å². The zero-order chi connectivity index (χ0) is 13.4. The smallest absolute Gasteiger partial charge is 0.325 e. The molecule has 1 aliphatic carbocycles. The van der Waals surface area contributed by atoms with E-state index in [1.165, 1.54) is 19.3 Å². The van der Waals surface area contributed by atoms with Gasteiger partial charge in [0, 0.05) is 13.1 Å². The first kappa shape index (κ1) is 13.8. The zero-order valence-electron chi connectivity index (χ0n) is 11.6. The Balaban J connectivity index is 2.00. The molecule has 0 spiro atoms. The van der Waals surface area contributed by atoms with Crippen LogP contribution in [0.2, 0.25) is 0 Å². The number of hydrogen-bond acceptors (Lipinski definition) is 3. The second-order valence-electron chi connectivity index (χ2n) is 6.29. The number of carboxylic acids is 1. The van der Waals surface area contributed by atoms with Gasteiger partial charge in [-0.3, -0.25) is 4.79 Å². The molecule has 18 heavy (non-hydrogen) atoms. The van der Waals surface area contributed by atoms with Crippen LogP contribution in [-0.4, -0.2) is 41.1 Å². The van der Waals surface area contributed by atoms with Gasteiger partial charge in [-0.15, -0.1) is 0 Å². The van der Waals surface area contributed by atoms with Crippen molar-refractivity contribution in [1.29, 1.82) is 0 Å². The van der Waals surface area contributed by atoms with Gasteiger partial charge in [-0.1, -0.05) is 13.8 Å². The van der Waals surface area contributed by atoms with Crippen molar-refractivity contribution in [2.24, 2.45) is 17.1 Å². The van der Waals surface area contributed by atoms with E-state index < -0.39 is 11.5 Å². The Labute approximate surface area is 110 Å². The Morgan fingerprint density at radius 3 is 2.44 bits per heavy atom. The number of aliphatic carboxylic acids is 1. The molecular weight excluding hydrogens is 228 g/mol. The SMILES string of the molecule is CCC1(CC)CCN(CC(N)(C(=O)O)C2CC2)C1. The molecule has 0 radical (unpaired) electrons. The monoisotopic (exact) mass is 254 g/mol. The molecule has 2 aliphatic rings. The van der Waals surface area contributed by atoms with Gasteiger partial charge in [-0.25, -0.2) is 0 Å². The summed E-state index contributed by atoms with van der Waals surface area (Å²) < 4.78 is 0. The summed E-state index contributed by atoms with van der Waals surface area (Å²) in [7, 11) is 0. The molecule has 0 bridgehead atoms. The maximum atomic E-state index is 11.4. The van der Waals surface area contributed by atoms with Gasteiger partial charge in [-0.05, 0) is 50.0 Å². The first-order chi connectivity index (χ1) is 8.46. The van der Waals surface area contributed by atoms with Gasteiger partial charge < -0.3 is 15.7 Å². The second kappa shape index (κ2) is 4.82. The second-order valence-corrected chi connectivity index (χ2v) is 6.29. The van der Waals surface area contributed by atoms with Crippen LogP contribution in [0.5, 0.6) is 0 Å². The number of hydrogen-bond donors (Lipinski definition) is 2. The lowest BCUT2D eigenvalue weighted by Crippen LogP contribution is -2.57. The lowest BCUT2D eigenvalue weighted by Gasteiger charge is -2.32. The van der Waals surface area contributed by atoms with E-state index in [0.29, 0.717) is 12.0 Å². The fourth-order valence-electron chi connectivity index (χ4n) is 3.33. The summed E-state index contributed by atoms with van der Waals surface area (Å²) in [6.07, 6.45) is 5.48. The molecule has 4 heteroatoms. The van der Waals surface area contributed by atoms with Crippen molar-refractivity contribution in [3.63, 3.8) is 0 Å². The minimum Gasteiger partial charge on any atom is -0.480 e. The highest BCUT2D eigenvalue weighted by Gasteiger charge is 2.50. The van der Waals surface area contributed by atoms with Gasteiger partial charge in [0.25, 0.3) is 0 Å². The largest absolute Gasteiger partial charge is 0.480 e. The summed E-state index contributed by atoms with van der Waals surface area (Å²) in [6, 6.07) is 0. The summed E-state index contributed by atoms with van der Waals surface area (Å²) in [5, 5.41) is 9.40. The number of carbonyl (C=O) groups is 1. The molecule has 1 unspecified atom stereocenters. The molecule has 3 N–H and O–H groups in total. The average molecular weight is 254 g/mol. The van der Waals surface area contributed by atoms with Crippen LogP contribution in [0.15, 0.2) is 0 Å². The third-order valence-corrected chi connectivity index (χ3v) is 5.21. The third kappa shape index (κ3) is 2.41. The van der Waals surface area contributed by atoms with Crippen LogP contribution in [0.4, 0.5) is 0 Å². The van der Waals surface area contributed by atoms with Crippen LogP contribution in [0.25, 0.3) is 0 Å². The predicted molar refractivity (Wildman–Crippen MR) is 71.4 cm³/mol. The van der Waals surface area contributed by atoms with Crippen molar-refractivity contribution >= 4 is 5.97 Å². The highest BCUT2D eigenvalue weighted by molar-refractivity contribution is 5.79. The molecule has 0 aromatic carbocycles. The van der Waals surface area contributed by atoms with Crippen molar-refractivity contribution in [3.05, 3.63) is 0 Å². The maximum Gasteiger partial charge on any atom is 0.325 e. The molecule has 2 fully saturated rings. The molecule has 2 rings (SSSR count). The van der Waals surface area contributed by atoms with Gasteiger partial charge in [0.05, 0.1) is 0 Å². The third-order valence-electron chi connectivity index (χ3n) is 5.21. The van der Waals surface area contributed by atoms with E-state index in [9.17, 15) is 9.90 Å². The van der Waals surface area contributed by atoms with Crippen molar-refractivity contribution in [1.82, 2.24) is 4.90 Å². The van der Waals surface area contributed by atoms with E-state index in [0.717, 1.165) is 25.9 Å². The summed E-state index contributed by atoms with van der Waals surface area (Å²) in [6.45, 7) is 7.01. The summed E-state index contributed by atoms with van der Waals surface area (Å²) in [5.74, 6) is -0.635. The number of nitrogens with zero attached hydrogens (tertiary/aromatic N) is 1. The van der Waals surface area contributed by atoms with Crippen molar-refractivity contribution in [3.8, 4) is 0 Å². The van der Waals surface area contributed by atoms with Gasteiger partial charge >= 0.3 is 5.97 Å². The maximum absolute atomic E-state index is 11.4. The van der Waals surface area contributed by atoms with Crippen LogP contribution >= 0.6 is 0 Å². The van der Waals surface area contributed by atoms with E-state index in [1.54, 1.807) is 0 Å². The fourth-order valence-corrected chi connectivity index (χ4v) is 3.33. The molecule has 1 atom stereocenters. The van der Waals surface area contributed by atoms with Gasteiger partial charge in [0.2, 0.25) is 0 Å². The topological polar surface area (TPSA) is 66.6 Å². The van der Waals surface area contributed by atoms with E-state index in [1.807, 2.05) is 0 Å². The Morgan fingerprint density at radius 1 is 1.44 bits per heavy atom. The fraction of sp³-hybridized carbons (Fsp3) is 0.929. The molecule has 1 saturated heterocycles. The molecule has 1 aliphatic heterocycles. The minimum atomic E-state index is -1.02. The first-order valence-corrected chi connectivity index (χ1v) is 7.20. The number of nitrogens with two attached hydrogens (primary N) is 1. The average Bonchev–Trinajstić information content (AvgIpc) is 3.13. The summed E-state index contributed by atoms with van der Waals surface area (Å²) in [4.78, 5) is 13.7. The number of likely N-dealkylation sites (tertiary alicyclic amines) is 1.